The van der Waals surface area contributed by atoms with E-state index >= 15 is 0 Å². The number of nitrogens with one attached hydrogen (secondary N) is 2. The van der Waals surface area contributed by atoms with Crippen LogP contribution in [0.4, 0.5) is 21.8 Å². The molecule has 9 nitrogen and oxygen atoms in total. The van der Waals surface area contributed by atoms with E-state index in [1.807, 2.05) is 26.8 Å². The van der Waals surface area contributed by atoms with Crippen molar-refractivity contribution in [1.29, 1.82) is 0 Å². The molecule has 0 radical (unpaired) electrons. The highest BCUT2D eigenvalue weighted by atomic mass is 19.1. The number of pyridine rings is 1. The Morgan fingerprint density at radius 3 is 2.77 bits per heavy atom. The number of aliphatic hydroxyl groups excluding tert-OH is 1. The fourth-order valence-electron chi connectivity index (χ4n) is 3.18. The molecule has 3 aromatic heterocycles. The minimum absolute atomic E-state index is 0.250. The summed E-state index contributed by atoms with van der Waals surface area (Å²) in [7, 11) is 0. The minimum atomic E-state index is -1.07. The van der Waals surface area contributed by atoms with E-state index < -0.39 is 18.2 Å². The number of amides is 1. The Morgan fingerprint density at radius 2 is 2.10 bits per heavy atom. The van der Waals surface area contributed by atoms with Crippen LogP contribution in [0.15, 0.2) is 30.9 Å². The topological polar surface area (TPSA) is 118 Å². The Balaban J connectivity index is 1.58. The molecule has 0 saturated heterocycles. The molecule has 4 rings (SSSR count). The molecular formula is C21H24FN7O2. The van der Waals surface area contributed by atoms with Crippen LogP contribution in [0, 0.1) is 19.8 Å². The van der Waals surface area contributed by atoms with Crippen molar-refractivity contribution < 1.29 is 14.3 Å². The van der Waals surface area contributed by atoms with E-state index in [2.05, 4.69) is 30.6 Å². The first-order valence-corrected chi connectivity index (χ1v) is 10.1. The third-order valence-corrected chi connectivity index (χ3v) is 5.13. The first-order chi connectivity index (χ1) is 14.9. The molecule has 1 saturated carbocycles. The van der Waals surface area contributed by atoms with Gasteiger partial charge in [-0.05, 0) is 38.3 Å². The predicted molar refractivity (Wildman–Crippen MR) is 113 cm³/mol. The van der Waals surface area contributed by atoms with E-state index in [0.29, 0.717) is 29.7 Å². The zero-order chi connectivity index (χ0) is 22.1. The highest BCUT2D eigenvalue weighted by molar-refractivity contribution is 5.94. The average molecular weight is 425 g/mol. The molecule has 3 aromatic rings. The lowest BCUT2D eigenvalue weighted by molar-refractivity contribution is -0.117. The molecular weight excluding hydrogens is 401 g/mol. The Hall–Kier alpha value is -3.40. The maximum Gasteiger partial charge on any atom is 0.231 e. The van der Waals surface area contributed by atoms with Crippen molar-refractivity contribution >= 4 is 23.4 Å². The summed E-state index contributed by atoms with van der Waals surface area (Å²) in [6, 6.07) is 3.44. The van der Waals surface area contributed by atoms with Crippen LogP contribution in [0.2, 0.25) is 0 Å². The first-order valence-electron chi connectivity index (χ1n) is 10.1. The number of imidazole rings is 1. The molecule has 1 aliphatic carbocycles. The van der Waals surface area contributed by atoms with E-state index in [9.17, 15) is 14.3 Å². The van der Waals surface area contributed by atoms with E-state index in [0.717, 1.165) is 16.9 Å². The molecule has 3 N–H and O–H groups in total. The van der Waals surface area contributed by atoms with Crippen molar-refractivity contribution in [2.75, 3.05) is 10.6 Å². The van der Waals surface area contributed by atoms with Gasteiger partial charge in [-0.1, -0.05) is 6.92 Å². The molecule has 31 heavy (non-hydrogen) atoms. The van der Waals surface area contributed by atoms with Gasteiger partial charge in [-0.25, -0.2) is 19.3 Å². The summed E-state index contributed by atoms with van der Waals surface area (Å²) in [6.07, 6.45) is 3.95. The van der Waals surface area contributed by atoms with Crippen molar-refractivity contribution in [2.24, 2.45) is 5.92 Å². The van der Waals surface area contributed by atoms with E-state index in [-0.39, 0.29) is 12.3 Å². The maximum atomic E-state index is 13.1. The summed E-state index contributed by atoms with van der Waals surface area (Å²) in [6.45, 7) is 5.67. The molecule has 1 aliphatic rings. The molecule has 162 valence electrons. The molecule has 0 aliphatic heterocycles. The van der Waals surface area contributed by atoms with Gasteiger partial charge in [-0.2, -0.15) is 0 Å². The van der Waals surface area contributed by atoms with Gasteiger partial charge in [0.05, 0.1) is 35.3 Å². The summed E-state index contributed by atoms with van der Waals surface area (Å²) in [4.78, 5) is 29.2. The Morgan fingerprint density at radius 1 is 1.32 bits per heavy atom. The number of aliphatic hydroxyl groups is 1. The highest BCUT2D eigenvalue weighted by Gasteiger charge is 2.43. The molecule has 1 fully saturated rings. The van der Waals surface area contributed by atoms with Crippen LogP contribution in [0.3, 0.4) is 0 Å². The quantitative estimate of drug-likeness (QED) is 0.532. The predicted octanol–water partition coefficient (Wildman–Crippen LogP) is 3.16. The van der Waals surface area contributed by atoms with Crippen LogP contribution in [0.25, 0.3) is 5.82 Å². The van der Waals surface area contributed by atoms with Crippen LogP contribution < -0.4 is 10.6 Å². The average Bonchev–Trinajstić information content (AvgIpc) is 3.38. The molecule has 0 aromatic carbocycles. The Bertz CT molecular complexity index is 1120. The van der Waals surface area contributed by atoms with Crippen LogP contribution in [-0.4, -0.2) is 41.7 Å². The Kier molecular flexibility index (Phi) is 5.64. The third kappa shape index (κ3) is 4.53. The van der Waals surface area contributed by atoms with Crippen molar-refractivity contribution in [3.8, 4) is 5.82 Å². The SMILES string of the molecule is CC[C@H](O)c1cc(C)c(Nc2nc(C)cn2-c2cc(NC(=O)[C@H]3C[C@H]3F)ncn2)cn1. The fourth-order valence-corrected chi connectivity index (χ4v) is 3.18. The number of carbonyl (C=O) groups excluding carboxylic acids is 1. The molecule has 3 heterocycles. The van der Waals surface area contributed by atoms with E-state index in [1.165, 1.54) is 6.33 Å². The number of hydrogen-bond donors (Lipinski definition) is 3. The summed E-state index contributed by atoms with van der Waals surface area (Å²) in [5, 5.41) is 15.9. The number of anilines is 3. The molecule has 10 heteroatoms. The van der Waals surface area contributed by atoms with Gasteiger partial charge >= 0.3 is 0 Å². The van der Waals surface area contributed by atoms with E-state index in [1.54, 1.807) is 23.0 Å². The second kappa shape index (κ2) is 8.38. The second-order valence-corrected chi connectivity index (χ2v) is 7.66. The van der Waals surface area contributed by atoms with Crippen LogP contribution in [0.1, 0.15) is 42.8 Å². The van der Waals surface area contributed by atoms with Gasteiger partial charge in [0, 0.05) is 12.3 Å². The van der Waals surface area contributed by atoms with Gasteiger partial charge in [-0.15, -0.1) is 0 Å². The van der Waals surface area contributed by atoms with Gasteiger partial charge in [0.1, 0.15) is 24.1 Å². The number of carbonyl (C=O) groups is 1. The number of rotatable bonds is 7. The van der Waals surface area contributed by atoms with Crippen molar-refractivity contribution in [3.05, 3.63) is 47.8 Å². The lowest BCUT2D eigenvalue weighted by atomic mass is 10.1. The summed E-state index contributed by atoms with van der Waals surface area (Å²) >= 11 is 0. The zero-order valence-corrected chi connectivity index (χ0v) is 17.5. The monoisotopic (exact) mass is 425 g/mol. The first kappa shape index (κ1) is 20.9. The van der Waals surface area contributed by atoms with Crippen LogP contribution >= 0.6 is 0 Å². The van der Waals surface area contributed by atoms with Gasteiger partial charge in [-0.3, -0.25) is 14.3 Å². The number of aromatic nitrogens is 5. The minimum Gasteiger partial charge on any atom is -0.387 e. The van der Waals surface area contributed by atoms with Crippen molar-refractivity contribution in [3.63, 3.8) is 0 Å². The smallest absolute Gasteiger partial charge is 0.231 e. The third-order valence-electron chi connectivity index (χ3n) is 5.13. The van der Waals surface area contributed by atoms with Crippen LogP contribution in [-0.2, 0) is 4.79 Å². The fraction of sp³-hybridized carbons (Fsp3) is 0.381. The second-order valence-electron chi connectivity index (χ2n) is 7.66. The number of aryl methyl sites for hydroxylation is 2. The molecule has 1 amide bonds. The highest BCUT2D eigenvalue weighted by Crippen LogP contribution is 2.34. The molecule has 0 bridgehead atoms. The number of hydrogen-bond acceptors (Lipinski definition) is 7. The number of halogens is 1. The van der Waals surface area contributed by atoms with Crippen molar-refractivity contribution in [1.82, 2.24) is 24.5 Å². The van der Waals surface area contributed by atoms with Gasteiger partial charge in [0.2, 0.25) is 11.9 Å². The maximum absolute atomic E-state index is 13.1. The summed E-state index contributed by atoms with van der Waals surface area (Å²) in [5.41, 5.74) is 3.02. The normalized spacial score (nSPS) is 18.5. The number of alkyl halides is 1. The molecule has 3 atom stereocenters. The Labute approximate surface area is 178 Å². The molecule has 0 unspecified atom stereocenters. The summed E-state index contributed by atoms with van der Waals surface area (Å²) < 4.78 is 14.9. The van der Waals surface area contributed by atoms with Gasteiger partial charge < -0.3 is 15.7 Å². The molecule has 0 spiro atoms. The van der Waals surface area contributed by atoms with Crippen LogP contribution in [0.5, 0.6) is 0 Å². The van der Waals surface area contributed by atoms with E-state index in [4.69, 9.17) is 0 Å². The van der Waals surface area contributed by atoms with Gasteiger partial charge in [0.25, 0.3) is 0 Å². The summed E-state index contributed by atoms with van der Waals surface area (Å²) in [5.74, 6) is 0.309. The van der Waals surface area contributed by atoms with Gasteiger partial charge in [0.15, 0.2) is 0 Å². The number of nitrogens with zero attached hydrogens (tertiary/aromatic N) is 5. The largest absolute Gasteiger partial charge is 0.387 e. The van der Waals surface area contributed by atoms with Crippen molar-refractivity contribution in [2.45, 2.75) is 45.9 Å². The zero-order valence-electron chi connectivity index (χ0n) is 17.5. The lowest BCUT2D eigenvalue weighted by Crippen LogP contribution is -2.16. The standard InChI is InChI=1S/C21H24FN7O2/c1-4-17(30)15-5-11(2)16(8-23-15)27-21-26-12(3)9-29(21)19-7-18(24-10-25-19)28-20(31)13-6-14(13)22/h5,7-10,13-14,17,30H,4,6H2,1-3H3,(H,26,27)(H,24,25,28,31)/t13-,14+,17-/m0/s1. The lowest BCUT2D eigenvalue weighted by Gasteiger charge is -2.14.